The first kappa shape index (κ1) is 13.8. The highest BCUT2D eigenvalue weighted by molar-refractivity contribution is 7.91. The molecule has 6 nitrogen and oxygen atoms in total. The zero-order chi connectivity index (χ0) is 13.2. The van der Waals surface area contributed by atoms with Crippen LogP contribution in [-0.2, 0) is 19.4 Å². The van der Waals surface area contributed by atoms with E-state index in [4.69, 9.17) is 4.74 Å². The van der Waals surface area contributed by atoms with Crippen molar-refractivity contribution in [3.05, 3.63) is 0 Å². The van der Waals surface area contributed by atoms with Crippen LogP contribution in [0.25, 0.3) is 0 Å². The Morgan fingerprint density at radius 3 is 2.83 bits per heavy atom. The van der Waals surface area contributed by atoms with Crippen molar-refractivity contribution in [3.63, 3.8) is 0 Å². The molecular formula is C11H20N2O4S. The molecule has 3 atom stereocenters. The van der Waals surface area contributed by atoms with Crippen LogP contribution < -0.4 is 10.6 Å². The normalized spacial score (nSPS) is 34.6. The average Bonchev–Trinajstić information content (AvgIpc) is 2.85. The van der Waals surface area contributed by atoms with Crippen molar-refractivity contribution in [2.45, 2.75) is 25.0 Å². The van der Waals surface area contributed by atoms with E-state index in [0.717, 1.165) is 6.54 Å². The van der Waals surface area contributed by atoms with Gasteiger partial charge in [0.1, 0.15) is 0 Å². The summed E-state index contributed by atoms with van der Waals surface area (Å²) in [4.78, 5) is 11.8. The van der Waals surface area contributed by atoms with Crippen molar-refractivity contribution < 1.29 is 17.9 Å². The summed E-state index contributed by atoms with van der Waals surface area (Å²) in [5.41, 5.74) is 0. The molecule has 0 saturated carbocycles. The van der Waals surface area contributed by atoms with Crippen LogP contribution in [0.2, 0.25) is 0 Å². The summed E-state index contributed by atoms with van der Waals surface area (Å²) in [6, 6.07) is -0.0134. The van der Waals surface area contributed by atoms with E-state index in [1.807, 2.05) is 0 Å². The zero-order valence-corrected chi connectivity index (χ0v) is 11.3. The summed E-state index contributed by atoms with van der Waals surface area (Å²) >= 11 is 0. The number of methoxy groups -OCH3 is 1. The van der Waals surface area contributed by atoms with E-state index in [2.05, 4.69) is 10.6 Å². The van der Waals surface area contributed by atoms with Gasteiger partial charge in [0.05, 0.1) is 23.7 Å². The molecule has 2 N–H and O–H groups in total. The molecule has 1 amide bonds. The van der Waals surface area contributed by atoms with Crippen LogP contribution in [0.3, 0.4) is 0 Å². The van der Waals surface area contributed by atoms with Gasteiger partial charge in [0.15, 0.2) is 9.84 Å². The number of carbonyl (C=O) groups excluding carboxylic acids is 1. The van der Waals surface area contributed by atoms with Gasteiger partial charge in [-0.1, -0.05) is 0 Å². The predicted molar refractivity (Wildman–Crippen MR) is 67.0 cm³/mol. The van der Waals surface area contributed by atoms with E-state index in [9.17, 15) is 13.2 Å². The number of carbonyl (C=O) groups is 1. The highest BCUT2D eigenvalue weighted by atomic mass is 32.2. The van der Waals surface area contributed by atoms with E-state index in [0.29, 0.717) is 19.4 Å². The molecule has 0 bridgehead atoms. The Morgan fingerprint density at radius 1 is 1.44 bits per heavy atom. The average molecular weight is 276 g/mol. The second-order valence-electron chi connectivity index (χ2n) is 5.08. The van der Waals surface area contributed by atoms with Crippen LogP contribution in [0.4, 0.5) is 0 Å². The molecule has 0 spiro atoms. The lowest BCUT2D eigenvalue weighted by atomic mass is 10.0. The minimum absolute atomic E-state index is 0.00117. The van der Waals surface area contributed by atoms with E-state index in [-0.39, 0.29) is 35.5 Å². The largest absolute Gasteiger partial charge is 0.378 e. The van der Waals surface area contributed by atoms with Gasteiger partial charge in [0.25, 0.3) is 0 Å². The maximum Gasteiger partial charge on any atom is 0.220 e. The van der Waals surface area contributed by atoms with Crippen LogP contribution in [-0.4, -0.2) is 58.2 Å². The Bertz CT molecular complexity index is 409. The molecule has 104 valence electrons. The maximum absolute atomic E-state index is 11.8. The van der Waals surface area contributed by atoms with Crippen LogP contribution in [0.15, 0.2) is 0 Å². The SMILES string of the molecule is CO[C@H]1CNCC1NC(=O)CC1CCS(=O)(=O)C1. The van der Waals surface area contributed by atoms with Crippen LogP contribution in [0.5, 0.6) is 0 Å². The van der Waals surface area contributed by atoms with Crippen molar-refractivity contribution in [1.82, 2.24) is 10.6 Å². The summed E-state index contributed by atoms with van der Waals surface area (Å²) in [6.45, 7) is 1.44. The monoisotopic (exact) mass is 276 g/mol. The van der Waals surface area contributed by atoms with E-state index < -0.39 is 9.84 Å². The smallest absolute Gasteiger partial charge is 0.220 e. The number of amides is 1. The van der Waals surface area contributed by atoms with Crippen molar-refractivity contribution in [3.8, 4) is 0 Å². The fourth-order valence-corrected chi connectivity index (χ4v) is 4.47. The third-order valence-corrected chi connectivity index (χ3v) is 5.45. The lowest BCUT2D eigenvalue weighted by Crippen LogP contribution is -2.44. The van der Waals surface area contributed by atoms with E-state index in [1.165, 1.54) is 0 Å². The lowest BCUT2D eigenvalue weighted by Gasteiger charge is -2.19. The van der Waals surface area contributed by atoms with Gasteiger partial charge in [0, 0.05) is 26.6 Å². The standard InChI is InChI=1S/C11H20N2O4S/c1-17-10-6-12-5-9(10)13-11(14)4-8-2-3-18(15,16)7-8/h8-10,12H,2-7H2,1H3,(H,13,14)/t8?,9?,10-/m0/s1. The molecule has 7 heteroatoms. The number of hydrogen-bond acceptors (Lipinski definition) is 5. The second-order valence-corrected chi connectivity index (χ2v) is 7.31. The fraction of sp³-hybridized carbons (Fsp3) is 0.909. The minimum atomic E-state index is -2.90. The molecule has 18 heavy (non-hydrogen) atoms. The third kappa shape index (κ3) is 3.43. The topological polar surface area (TPSA) is 84.5 Å². The molecular weight excluding hydrogens is 256 g/mol. The Labute approximate surface area is 107 Å². The van der Waals surface area contributed by atoms with Crippen LogP contribution in [0.1, 0.15) is 12.8 Å². The van der Waals surface area contributed by atoms with Crippen molar-refractivity contribution in [2.24, 2.45) is 5.92 Å². The number of rotatable bonds is 4. The molecule has 2 aliphatic rings. The summed E-state index contributed by atoms with van der Waals surface area (Å²) in [6.07, 6.45) is 0.902. The molecule has 2 aliphatic heterocycles. The summed E-state index contributed by atoms with van der Waals surface area (Å²) in [5.74, 6) is 0.270. The minimum Gasteiger partial charge on any atom is -0.378 e. The van der Waals surface area contributed by atoms with Gasteiger partial charge in [-0.15, -0.1) is 0 Å². The van der Waals surface area contributed by atoms with Gasteiger partial charge < -0.3 is 15.4 Å². The highest BCUT2D eigenvalue weighted by Gasteiger charge is 2.32. The number of sulfone groups is 1. The zero-order valence-electron chi connectivity index (χ0n) is 10.5. The van der Waals surface area contributed by atoms with E-state index in [1.54, 1.807) is 7.11 Å². The third-order valence-electron chi connectivity index (χ3n) is 3.61. The number of ether oxygens (including phenoxy) is 1. The lowest BCUT2D eigenvalue weighted by molar-refractivity contribution is -0.123. The quantitative estimate of drug-likeness (QED) is 0.682. The summed E-state index contributed by atoms with van der Waals surface area (Å²) in [7, 11) is -1.28. The molecule has 2 fully saturated rings. The fourth-order valence-electron chi connectivity index (χ4n) is 2.61. The van der Waals surface area contributed by atoms with Crippen molar-refractivity contribution >= 4 is 15.7 Å². The van der Waals surface area contributed by atoms with Gasteiger partial charge in [-0.25, -0.2) is 8.42 Å². The number of nitrogens with one attached hydrogen (secondary N) is 2. The predicted octanol–water partition coefficient (Wildman–Crippen LogP) is -1.09. The van der Waals surface area contributed by atoms with Gasteiger partial charge in [-0.3, -0.25) is 4.79 Å². The van der Waals surface area contributed by atoms with Gasteiger partial charge in [-0.05, 0) is 12.3 Å². The first-order valence-electron chi connectivity index (χ1n) is 6.23. The first-order valence-corrected chi connectivity index (χ1v) is 8.05. The molecule has 2 heterocycles. The first-order chi connectivity index (χ1) is 8.50. The summed E-state index contributed by atoms with van der Waals surface area (Å²) < 4.78 is 27.9. The molecule has 0 aliphatic carbocycles. The Morgan fingerprint density at radius 2 is 2.22 bits per heavy atom. The van der Waals surface area contributed by atoms with Gasteiger partial charge >= 0.3 is 0 Å². The maximum atomic E-state index is 11.8. The second kappa shape index (κ2) is 5.54. The van der Waals surface area contributed by atoms with Crippen LogP contribution >= 0.6 is 0 Å². The molecule has 2 unspecified atom stereocenters. The Kier molecular flexibility index (Phi) is 4.24. The van der Waals surface area contributed by atoms with Gasteiger partial charge in [-0.2, -0.15) is 0 Å². The Balaban J connectivity index is 1.79. The van der Waals surface area contributed by atoms with Crippen molar-refractivity contribution in [2.75, 3.05) is 31.7 Å². The Hall–Kier alpha value is -0.660. The van der Waals surface area contributed by atoms with Crippen LogP contribution in [0, 0.1) is 5.92 Å². The van der Waals surface area contributed by atoms with Gasteiger partial charge in [0.2, 0.25) is 5.91 Å². The molecule has 2 saturated heterocycles. The summed E-state index contributed by atoms with van der Waals surface area (Å²) in [5, 5.41) is 6.06. The van der Waals surface area contributed by atoms with E-state index >= 15 is 0 Å². The van der Waals surface area contributed by atoms with Crippen molar-refractivity contribution in [1.29, 1.82) is 0 Å². The molecule has 0 aromatic rings. The number of hydrogen-bond donors (Lipinski definition) is 2. The molecule has 2 rings (SSSR count). The molecule has 0 radical (unpaired) electrons. The highest BCUT2D eigenvalue weighted by Crippen LogP contribution is 2.21. The molecule has 0 aromatic carbocycles. The molecule has 0 aromatic heterocycles.